The fraction of sp³-hybridized carbons (Fsp3) is 0.167. The molecule has 0 aliphatic rings. The van der Waals surface area contributed by atoms with Crippen molar-refractivity contribution in [3.63, 3.8) is 0 Å². The second-order valence-corrected chi connectivity index (χ2v) is 10.3. The quantitative estimate of drug-likeness (QED) is 0.245. The molecule has 0 saturated carbocycles. The summed E-state index contributed by atoms with van der Waals surface area (Å²) in [5, 5.41) is 4.14. The number of nitrogens with one attached hydrogen (secondary N) is 1. The van der Waals surface area contributed by atoms with Crippen molar-refractivity contribution in [2.24, 2.45) is 5.10 Å². The van der Waals surface area contributed by atoms with Gasteiger partial charge in [-0.1, -0.05) is 42.0 Å². The van der Waals surface area contributed by atoms with Gasteiger partial charge in [0.25, 0.3) is 15.9 Å². The number of hydrogen-bond acceptors (Lipinski definition) is 5. The van der Waals surface area contributed by atoms with E-state index in [1.807, 2.05) is 31.2 Å². The molecule has 0 saturated heterocycles. The van der Waals surface area contributed by atoms with E-state index in [-0.39, 0.29) is 10.6 Å². The summed E-state index contributed by atoms with van der Waals surface area (Å²) in [5.41, 5.74) is 5.10. The number of benzene rings is 3. The molecule has 7 nitrogen and oxygen atoms in total. The van der Waals surface area contributed by atoms with Crippen molar-refractivity contribution < 1.29 is 17.9 Å². The fourth-order valence-corrected chi connectivity index (χ4v) is 4.83. The molecule has 9 heteroatoms. The van der Waals surface area contributed by atoms with Crippen molar-refractivity contribution in [3.8, 4) is 5.75 Å². The van der Waals surface area contributed by atoms with Gasteiger partial charge in [-0.2, -0.15) is 5.10 Å². The van der Waals surface area contributed by atoms with Gasteiger partial charge in [-0.15, -0.1) is 0 Å². The van der Waals surface area contributed by atoms with Crippen LogP contribution in [-0.4, -0.2) is 33.7 Å². The van der Waals surface area contributed by atoms with Crippen LogP contribution in [0.4, 0.5) is 5.69 Å². The predicted molar refractivity (Wildman–Crippen MR) is 138 cm³/mol. The molecule has 3 aromatic carbocycles. The van der Waals surface area contributed by atoms with E-state index in [0.29, 0.717) is 11.5 Å². The molecule has 1 amide bonds. The zero-order valence-electron chi connectivity index (χ0n) is 18.4. The first-order valence-corrected chi connectivity index (χ1v) is 12.6. The number of halogens is 1. The second-order valence-electron chi connectivity index (χ2n) is 7.24. The first kappa shape index (κ1) is 24.7. The Balaban J connectivity index is 1.91. The smallest absolute Gasteiger partial charge is 0.264 e. The normalized spacial score (nSPS) is 11.7. The lowest BCUT2D eigenvalue weighted by atomic mass is 10.1. The summed E-state index contributed by atoms with van der Waals surface area (Å²) in [6.45, 7) is 3.17. The van der Waals surface area contributed by atoms with E-state index >= 15 is 0 Å². The molecule has 0 heterocycles. The van der Waals surface area contributed by atoms with Gasteiger partial charge in [0.2, 0.25) is 0 Å². The van der Waals surface area contributed by atoms with Crippen molar-refractivity contribution in [1.82, 2.24) is 5.43 Å². The van der Waals surface area contributed by atoms with Crippen molar-refractivity contribution in [3.05, 3.63) is 87.5 Å². The van der Waals surface area contributed by atoms with Gasteiger partial charge in [-0.05, 0) is 78.4 Å². The van der Waals surface area contributed by atoms with E-state index in [9.17, 15) is 13.2 Å². The monoisotopic (exact) mass is 577 g/mol. The van der Waals surface area contributed by atoms with Crippen LogP contribution in [0.5, 0.6) is 5.75 Å². The molecule has 0 bridgehead atoms. The number of para-hydroxylation sites is 2. The Morgan fingerprint density at radius 3 is 2.30 bits per heavy atom. The molecule has 0 radical (unpaired) electrons. The number of aryl methyl sites for hydroxylation is 1. The zero-order valence-corrected chi connectivity index (χ0v) is 21.4. The van der Waals surface area contributed by atoms with Gasteiger partial charge >= 0.3 is 0 Å². The van der Waals surface area contributed by atoms with Crippen molar-refractivity contribution in [1.29, 1.82) is 0 Å². The van der Waals surface area contributed by atoms with Crippen LogP contribution in [0.2, 0.25) is 0 Å². The van der Waals surface area contributed by atoms with E-state index < -0.39 is 22.5 Å². The maximum absolute atomic E-state index is 13.5. The number of amides is 1. The number of sulfonamides is 1. The minimum Gasteiger partial charge on any atom is -0.495 e. The van der Waals surface area contributed by atoms with Gasteiger partial charge in [0, 0.05) is 3.57 Å². The molecule has 0 unspecified atom stereocenters. The maximum Gasteiger partial charge on any atom is 0.264 e. The molecule has 3 aromatic rings. The highest BCUT2D eigenvalue weighted by Gasteiger charge is 2.29. The largest absolute Gasteiger partial charge is 0.495 e. The summed E-state index contributed by atoms with van der Waals surface area (Å²) in [6.07, 6.45) is 0. The average Bonchev–Trinajstić information content (AvgIpc) is 2.81. The number of ether oxygens (including phenoxy) is 1. The zero-order chi connectivity index (χ0) is 24.0. The summed E-state index contributed by atoms with van der Waals surface area (Å²) in [5.74, 6) is -0.249. The highest BCUT2D eigenvalue weighted by molar-refractivity contribution is 14.1. The third-order valence-corrected chi connectivity index (χ3v) is 7.35. The van der Waals surface area contributed by atoms with Crippen LogP contribution in [0.25, 0.3) is 0 Å². The lowest BCUT2D eigenvalue weighted by molar-refractivity contribution is -0.119. The van der Waals surface area contributed by atoms with Gasteiger partial charge in [-0.25, -0.2) is 13.8 Å². The van der Waals surface area contributed by atoms with Crippen LogP contribution in [-0.2, 0) is 14.8 Å². The number of hydrogen-bond donors (Lipinski definition) is 1. The molecular weight excluding hydrogens is 553 g/mol. The molecule has 3 rings (SSSR count). The first-order valence-electron chi connectivity index (χ1n) is 10.0. The molecule has 0 atom stereocenters. The molecule has 1 N–H and O–H groups in total. The number of carbonyl (C=O) groups excluding carboxylic acids is 1. The van der Waals surface area contributed by atoms with Crippen LogP contribution in [0.3, 0.4) is 0 Å². The summed E-state index contributed by atoms with van der Waals surface area (Å²) in [4.78, 5) is 12.9. The lowest BCUT2D eigenvalue weighted by Crippen LogP contribution is -2.40. The molecule has 0 aliphatic heterocycles. The van der Waals surface area contributed by atoms with Crippen LogP contribution < -0.4 is 14.5 Å². The minimum atomic E-state index is -4.05. The standard InChI is InChI=1S/C24H24IN3O4S/c1-17-8-14-21(15-9-17)33(30,31)28(22-6-4-5-7-23(22)32-3)16-24(29)27-26-18(2)19-10-12-20(25)13-11-19/h4-15H,16H2,1-3H3,(H,27,29)/b26-18+. The average molecular weight is 577 g/mol. The van der Waals surface area contributed by atoms with Gasteiger partial charge in [0.1, 0.15) is 12.3 Å². The Hall–Kier alpha value is -2.92. The SMILES string of the molecule is COc1ccccc1N(CC(=O)N/N=C(\C)c1ccc(I)cc1)S(=O)(=O)c1ccc(C)cc1. The van der Waals surface area contributed by atoms with Crippen LogP contribution in [0, 0.1) is 10.5 Å². The summed E-state index contributed by atoms with van der Waals surface area (Å²) in [6, 6.07) is 20.8. The summed E-state index contributed by atoms with van der Waals surface area (Å²) < 4.78 is 34.5. The van der Waals surface area contributed by atoms with Gasteiger partial charge in [-0.3, -0.25) is 9.10 Å². The third kappa shape index (κ3) is 6.11. The Labute approximate surface area is 207 Å². The molecule has 172 valence electrons. The third-order valence-electron chi connectivity index (χ3n) is 4.86. The number of nitrogens with zero attached hydrogens (tertiary/aromatic N) is 2. The van der Waals surface area contributed by atoms with Crippen molar-refractivity contribution in [2.45, 2.75) is 18.7 Å². The molecule has 0 spiro atoms. The number of anilines is 1. The van der Waals surface area contributed by atoms with Crippen LogP contribution in [0.15, 0.2) is 82.8 Å². The summed E-state index contributed by atoms with van der Waals surface area (Å²) >= 11 is 2.21. The Morgan fingerprint density at radius 1 is 1.03 bits per heavy atom. The number of methoxy groups -OCH3 is 1. The van der Waals surface area contributed by atoms with E-state index in [4.69, 9.17) is 4.74 Å². The van der Waals surface area contributed by atoms with E-state index in [2.05, 4.69) is 33.1 Å². The molecule has 0 aliphatic carbocycles. The highest BCUT2D eigenvalue weighted by Crippen LogP contribution is 2.32. The van der Waals surface area contributed by atoms with Crippen molar-refractivity contribution >= 4 is 49.9 Å². The summed E-state index contributed by atoms with van der Waals surface area (Å²) in [7, 11) is -2.60. The van der Waals surface area contributed by atoms with Gasteiger partial charge in [0.15, 0.2) is 0 Å². The van der Waals surface area contributed by atoms with E-state index in [0.717, 1.165) is 19.0 Å². The highest BCUT2D eigenvalue weighted by atomic mass is 127. The van der Waals surface area contributed by atoms with E-state index in [1.165, 1.54) is 19.2 Å². The predicted octanol–water partition coefficient (Wildman–Crippen LogP) is 4.34. The second kappa shape index (κ2) is 10.8. The van der Waals surface area contributed by atoms with Crippen LogP contribution >= 0.6 is 22.6 Å². The van der Waals surface area contributed by atoms with Gasteiger partial charge < -0.3 is 4.74 Å². The Kier molecular flexibility index (Phi) is 8.09. The number of rotatable bonds is 8. The van der Waals surface area contributed by atoms with Crippen LogP contribution in [0.1, 0.15) is 18.1 Å². The Bertz CT molecular complexity index is 1260. The minimum absolute atomic E-state index is 0.0744. The lowest BCUT2D eigenvalue weighted by Gasteiger charge is -2.25. The van der Waals surface area contributed by atoms with Crippen molar-refractivity contribution in [2.75, 3.05) is 18.0 Å². The topological polar surface area (TPSA) is 88.1 Å². The fourth-order valence-electron chi connectivity index (χ4n) is 3.04. The van der Waals surface area contributed by atoms with Gasteiger partial charge in [0.05, 0.1) is 23.4 Å². The maximum atomic E-state index is 13.5. The first-order chi connectivity index (χ1) is 15.7. The molecule has 33 heavy (non-hydrogen) atoms. The molecule has 0 aromatic heterocycles. The number of carbonyl (C=O) groups is 1. The number of hydrazone groups is 1. The van der Waals surface area contributed by atoms with E-state index in [1.54, 1.807) is 43.3 Å². The molecule has 0 fully saturated rings. The molecular formula is C24H24IN3O4S. The Morgan fingerprint density at radius 2 is 1.67 bits per heavy atom.